The maximum atomic E-state index is 12.9. The Hall–Kier alpha value is -3.61. The van der Waals surface area contributed by atoms with Crippen LogP contribution in [-0.2, 0) is 27.2 Å². The number of carbonyl (C=O) groups excluding carboxylic acids is 2. The van der Waals surface area contributed by atoms with Crippen LogP contribution in [0.1, 0.15) is 45.7 Å². The largest absolute Gasteiger partial charge is 0.496 e. The first kappa shape index (κ1) is 26.0. The van der Waals surface area contributed by atoms with Gasteiger partial charge >= 0.3 is 12.1 Å². The number of nitrogens with zero attached hydrogens (tertiary/aromatic N) is 2. The molecule has 0 aliphatic carbocycles. The monoisotopic (exact) mass is 478 g/mol. The summed E-state index contributed by atoms with van der Waals surface area (Å²) in [4.78, 5) is 31.6. The lowest BCUT2D eigenvalue weighted by atomic mass is 9.99. The Morgan fingerprint density at radius 2 is 1.77 bits per heavy atom. The van der Waals surface area contributed by atoms with Crippen molar-refractivity contribution in [2.45, 2.75) is 53.2 Å². The molecule has 0 fully saturated rings. The molecule has 186 valence electrons. The number of fused-ring (bicyclic) bond motifs is 1. The number of pyridine rings is 1. The molecule has 7 nitrogen and oxygen atoms in total. The van der Waals surface area contributed by atoms with E-state index in [1.54, 1.807) is 18.9 Å². The number of methoxy groups -OCH3 is 1. The van der Waals surface area contributed by atoms with Crippen molar-refractivity contribution in [3.05, 3.63) is 59.7 Å². The molecule has 0 aliphatic heterocycles. The van der Waals surface area contributed by atoms with E-state index in [4.69, 9.17) is 19.2 Å². The third-order valence-electron chi connectivity index (χ3n) is 5.37. The molecule has 3 aromatic rings. The number of ether oxygens (including phenoxy) is 3. The molecule has 7 heteroatoms. The van der Waals surface area contributed by atoms with Crippen LogP contribution < -0.4 is 4.74 Å². The quantitative estimate of drug-likeness (QED) is 0.382. The molecule has 2 aromatic carbocycles. The van der Waals surface area contributed by atoms with Gasteiger partial charge in [0.15, 0.2) is 0 Å². The Balaban J connectivity index is 2.11. The number of aromatic nitrogens is 1. The Morgan fingerprint density at radius 3 is 2.43 bits per heavy atom. The third-order valence-corrected chi connectivity index (χ3v) is 5.37. The van der Waals surface area contributed by atoms with E-state index in [0.717, 1.165) is 27.6 Å². The SMILES string of the molecule is CCOC(=O)Cc1ccc(OC)c(-c2nc3ccccc3cc2CN(CC)C(=O)OC(C)(C)C)c1. The molecule has 35 heavy (non-hydrogen) atoms. The molecule has 0 saturated carbocycles. The summed E-state index contributed by atoms with van der Waals surface area (Å²) >= 11 is 0. The smallest absolute Gasteiger partial charge is 0.410 e. The molecule has 0 N–H and O–H groups in total. The molecule has 1 heterocycles. The first-order valence-corrected chi connectivity index (χ1v) is 11.8. The standard InChI is InChI=1S/C28H34N2O5/c1-7-30(27(32)35-28(3,4)5)18-21-17-20-11-9-10-12-23(20)29-26(21)22-15-19(13-14-24(22)33-6)16-25(31)34-8-2/h9-15,17H,7-8,16,18H2,1-6H3. The number of rotatable bonds is 8. The first-order chi connectivity index (χ1) is 16.6. The summed E-state index contributed by atoms with van der Waals surface area (Å²) in [5.74, 6) is 0.333. The van der Waals surface area contributed by atoms with E-state index in [2.05, 4.69) is 0 Å². The maximum absolute atomic E-state index is 12.9. The van der Waals surface area contributed by atoms with Crippen molar-refractivity contribution in [1.82, 2.24) is 9.88 Å². The number of esters is 1. The molecule has 0 bridgehead atoms. The number of para-hydroxylation sites is 1. The molecule has 0 spiro atoms. The van der Waals surface area contributed by atoms with Crippen molar-refractivity contribution in [1.29, 1.82) is 0 Å². The zero-order valence-electron chi connectivity index (χ0n) is 21.4. The maximum Gasteiger partial charge on any atom is 0.410 e. The Kier molecular flexibility index (Phi) is 8.33. The molecule has 0 unspecified atom stereocenters. The lowest BCUT2D eigenvalue weighted by Crippen LogP contribution is -2.36. The van der Waals surface area contributed by atoms with E-state index in [0.29, 0.717) is 31.1 Å². The molecule has 0 aliphatic rings. The van der Waals surface area contributed by atoms with Gasteiger partial charge in [0.1, 0.15) is 11.4 Å². The molecule has 0 saturated heterocycles. The fourth-order valence-corrected chi connectivity index (χ4v) is 3.78. The average Bonchev–Trinajstić information content (AvgIpc) is 2.81. The minimum atomic E-state index is -0.598. The summed E-state index contributed by atoms with van der Waals surface area (Å²) in [6, 6.07) is 15.5. The van der Waals surface area contributed by atoms with Gasteiger partial charge in [-0.1, -0.05) is 24.3 Å². The van der Waals surface area contributed by atoms with E-state index < -0.39 is 5.60 Å². The van der Waals surface area contributed by atoms with Gasteiger partial charge in [0.05, 0.1) is 37.9 Å². The minimum absolute atomic E-state index is 0.146. The number of hydrogen-bond acceptors (Lipinski definition) is 6. The predicted molar refractivity (Wildman–Crippen MR) is 136 cm³/mol. The summed E-state index contributed by atoms with van der Waals surface area (Å²) in [6.07, 6.45) is -0.241. The summed E-state index contributed by atoms with van der Waals surface area (Å²) < 4.78 is 16.4. The van der Waals surface area contributed by atoms with Crippen LogP contribution in [0.5, 0.6) is 5.75 Å². The van der Waals surface area contributed by atoms with Crippen LogP contribution in [0, 0.1) is 0 Å². The van der Waals surface area contributed by atoms with Crippen molar-refractivity contribution in [3.8, 4) is 17.0 Å². The van der Waals surface area contributed by atoms with Crippen molar-refractivity contribution in [2.24, 2.45) is 0 Å². The van der Waals surface area contributed by atoms with Gasteiger partial charge in [-0.2, -0.15) is 0 Å². The van der Waals surface area contributed by atoms with Crippen LogP contribution in [-0.4, -0.2) is 47.8 Å². The fourth-order valence-electron chi connectivity index (χ4n) is 3.78. The minimum Gasteiger partial charge on any atom is -0.496 e. The van der Waals surface area contributed by atoms with Crippen molar-refractivity contribution < 1.29 is 23.8 Å². The second kappa shape index (κ2) is 11.2. The fraction of sp³-hybridized carbons (Fsp3) is 0.393. The molecule has 0 radical (unpaired) electrons. The Labute approximate surface area is 207 Å². The van der Waals surface area contributed by atoms with Gasteiger partial charge in [-0.05, 0) is 70.0 Å². The van der Waals surface area contributed by atoms with E-state index >= 15 is 0 Å². The topological polar surface area (TPSA) is 78.0 Å². The van der Waals surface area contributed by atoms with Crippen molar-refractivity contribution in [2.75, 3.05) is 20.3 Å². The number of hydrogen-bond donors (Lipinski definition) is 0. The summed E-state index contributed by atoms with van der Waals surface area (Å²) in [5.41, 5.74) is 3.30. The molecule has 3 rings (SSSR count). The van der Waals surface area contributed by atoms with E-state index in [1.165, 1.54) is 0 Å². The van der Waals surface area contributed by atoms with E-state index in [9.17, 15) is 9.59 Å². The highest BCUT2D eigenvalue weighted by Crippen LogP contribution is 2.34. The van der Waals surface area contributed by atoms with Crippen molar-refractivity contribution >= 4 is 23.0 Å². The summed E-state index contributed by atoms with van der Waals surface area (Å²) in [7, 11) is 1.60. The van der Waals surface area contributed by atoms with Crippen LogP contribution in [0.4, 0.5) is 4.79 Å². The highest BCUT2D eigenvalue weighted by atomic mass is 16.6. The van der Waals surface area contributed by atoms with Crippen LogP contribution in [0.2, 0.25) is 0 Å². The van der Waals surface area contributed by atoms with Gasteiger partial charge in [0, 0.05) is 17.5 Å². The number of amides is 1. The number of carbonyl (C=O) groups is 2. The molecule has 1 aromatic heterocycles. The predicted octanol–water partition coefficient (Wildman–Crippen LogP) is 5.77. The zero-order chi connectivity index (χ0) is 25.6. The van der Waals surface area contributed by atoms with E-state index in [1.807, 2.05) is 76.2 Å². The lowest BCUT2D eigenvalue weighted by Gasteiger charge is -2.27. The van der Waals surface area contributed by atoms with Gasteiger partial charge in [0.2, 0.25) is 0 Å². The van der Waals surface area contributed by atoms with Gasteiger partial charge in [0.25, 0.3) is 0 Å². The highest BCUT2D eigenvalue weighted by molar-refractivity contribution is 5.85. The number of benzene rings is 2. The lowest BCUT2D eigenvalue weighted by molar-refractivity contribution is -0.142. The normalized spacial score (nSPS) is 11.3. The first-order valence-electron chi connectivity index (χ1n) is 11.8. The van der Waals surface area contributed by atoms with Crippen LogP contribution >= 0.6 is 0 Å². The average molecular weight is 479 g/mol. The van der Waals surface area contributed by atoms with Crippen LogP contribution in [0.3, 0.4) is 0 Å². The van der Waals surface area contributed by atoms with Gasteiger partial charge < -0.3 is 19.1 Å². The molecular formula is C28H34N2O5. The van der Waals surface area contributed by atoms with Crippen molar-refractivity contribution in [3.63, 3.8) is 0 Å². The summed E-state index contributed by atoms with van der Waals surface area (Å²) in [6.45, 7) is 10.4. The zero-order valence-corrected chi connectivity index (χ0v) is 21.4. The Morgan fingerprint density at radius 1 is 1.03 bits per heavy atom. The van der Waals surface area contributed by atoms with Gasteiger partial charge in [-0.3, -0.25) is 4.79 Å². The third kappa shape index (κ3) is 6.72. The highest BCUT2D eigenvalue weighted by Gasteiger charge is 2.24. The van der Waals surface area contributed by atoms with Crippen LogP contribution in [0.15, 0.2) is 48.5 Å². The van der Waals surface area contributed by atoms with Crippen LogP contribution in [0.25, 0.3) is 22.2 Å². The molecule has 0 atom stereocenters. The van der Waals surface area contributed by atoms with Gasteiger partial charge in [-0.25, -0.2) is 9.78 Å². The second-order valence-corrected chi connectivity index (χ2v) is 9.20. The molecular weight excluding hydrogens is 444 g/mol. The van der Waals surface area contributed by atoms with E-state index in [-0.39, 0.29) is 18.5 Å². The Bertz CT molecular complexity index is 1200. The second-order valence-electron chi connectivity index (χ2n) is 9.20. The summed E-state index contributed by atoms with van der Waals surface area (Å²) in [5, 5.41) is 0.966. The van der Waals surface area contributed by atoms with Gasteiger partial charge in [-0.15, -0.1) is 0 Å². The molecule has 1 amide bonds.